The van der Waals surface area contributed by atoms with E-state index in [0.717, 1.165) is 40.1 Å². The van der Waals surface area contributed by atoms with Gasteiger partial charge in [-0.25, -0.2) is 4.98 Å². The minimum Gasteiger partial charge on any atom is -0.492 e. The molecule has 0 atom stereocenters. The summed E-state index contributed by atoms with van der Waals surface area (Å²) >= 11 is 5.04. The molecule has 1 amide bonds. The van der Waals surface area contributed by atoms with Crippen LogP contribution in [0.25, 0.3) is 10.2 Å². The van der Waals surface area contributed by atoms with Gasteiger partial charge in [0.2, 0.25) is 0 Å². The monoisotopic (exact) mass is 475 g/mol. The molecule has 1 aromatic heterocycles. The fourth-order valence-electron chi connectivity index (χ4n) is 3.14. The van der Waals surface area contributed by atoms with Crippen LogP contribution < -0.4 is 9.64 Å². The smallest absolute Gasteiger partial charge is 0.261 e. The molecule has 0 radical (unpaired) electrons. The SMILES string of the molecule is CCOc1cccc2sc(N(CCN(CC)CC)C(=O)c3ccccc3Br)nc12. The number of carbonyl (C=O) groups is 1. The summed E-state index contributed by atoms with van der Waals surface area (Å²) in [5.74, 6) is 0.700. The molecule has 0 N–H and O–H groups in total. The fraction of sp³-hybridized carbons (Fsp3) is 0.364. The lowest BCUT2D eigenvalue weighted by molar-refractivity contribution is 0.0983. The lowest BCUT2D eigenvalue weighted by Crippen LogP contribution is -2.39. The number of aromatic nitrogens is 1. The fourth-order valence-corrected chi connectivity index (χ4v) is 4.61. The van der Waals surface area contributed by atoms with Crippen LogP contribution in [0, 0.1) is 0 Å². The van der Waals surface area contributed by atoms with Crippen LogP contribution in [0.15, 0.2) is 46.9 Å². The van der Waals surface area contributed by atoms with E-state index in [9.17, 15) is 4.79 Å². The van der Waals surface area contributed by atoms with E-state index < -0.39 is 0 Å². The number of ether oxygens (including phenoxy) is 1. The molecule has 29 heavy (non-hydrogen) atoms. The molecule has 0 aliphatic rings. The van der Waals surface area contributed by atoms with Gasteiger partial charge >= 0.3 is 0 Å². The predicted octanol–water partition coefficient (Wildman–Crippen LogP) is 5.45. The molecule has 0 bridgehead atoms. The molecule has 0 unspecified atom stereocenters. The van der Waals surface area contributed by atoms with E-state index in [1.807, 2.05) is 49.4 Å². The summed E-state index contributed by atoms with van der Waals surface area (Å²) in [7, 11) is 0. The number of carbonyl (C=O) groups excluding carboxylic acids is 1. The highest BCUT2D eigenvalue weighted by Crippen LogP contribution is 2.35. The zero-order chi connectivity index (χ0) is 20.8. The van der Waals surface area contributed by atoms with Gasteiger partial charge in [0, 0.05) is 17.6 Å². The quantitative estimate of drug-likeness (QED) is 0.412. The maximum absolute atomic E-state index is 13.5. The number of para-hydroxylation sites is 1. The summed E-state index contributed by atoms with van der Waals surface area (Å²) in [6, 6.07) is 13.4. The van der Waals surface area contributed by atoms with Crippen molar-refractivity contribution in [3.05, 3.63) is 52.5 Å². The molecule has 0 aliphatic heterocycles. The van der Waals surface area contributed by atoms with Crippen LogP contribution >= 0.6 is 27.3 Å². The number of hydrogen-bond acceptors (Lipinski definition) is 5. The first-order valence-corrected chi connectivity index (χ1v) is 11.5. The van der Waals surface area contributed by atoms with E-state index in [1.165, 1.54) is 11.3 Å². The molecule has 0 fully saturated rings. The van der Waals surface area contributed by atoms with Crippen LogP contribution in [-0.2, 0) is 0 Å². The molecule has 5 nitrogen and oxygen atoms in total. The summed E-state index contributed by atoms with van der Waals surface area (Å²) in [6.07, 6.45) is 0. The lowest BCUT2D eigenvalue weighted by Gasteiger charge is -2.25. The maximum atomic E-state index is 13.5. The zero-order valence-corrected chi connectivity index (χ0v) is 19.4. The van der Waals surface area contributed by atoms with Gasteiger partial charge in [0.15, 0.2) is 5.13 Å². The largest absolute Gasteiger partial charge is 0.492 e. The average molecular weight is 476 g/mol. The molecule has 154 valence electrons. The first kappa shape index (κ1) is 21.7. The van der Waals surface area contributed by atoms with Gasteiger partial charge < -0.3 is 9.64 Å². The van der Waals surface area contributed by atoms with Crippen LogP contribution in [0.2, 0.25) is 0 Å². The Kier molecular flexibility index (Phi) is 7.64. The normalized spacial score (nSPS) is 11.2. The first-order valence-electron chi connectivity index (χ1n) is 9.90. The van der Waals surface area contributed by atoms with Gasteiger partial charge in [-0.05, 0) is 60.2 Å². The molecule has 2 aromatic carbocycles. The third-order valence-electron chi connectivity index (χ3n) is 4.79. The summed E-state index contributed by atoms with van der Waals surface area (Å²) in [5.41, 5.74) is 1.44. The number of nitrogens with zero attached hydrogens (tertiary/aromatic N) is 3. The molecule has 0 aliphatic carbocycles. The molecule has 3 aromatic rings. The molecule has 3 rings (SSSR count). The number of likely N-dealkylation sites (N-methyl/N-ethyl adjacent to an activating group) is 1. The van der Waals surface area contributed by atoms with Gasteiger partial charge in [-0.1, -0.05) is 43.4 Å². The van der Waals surface area contributed by atoms with Gasteiger partial charge in [0.25, 0.3) is 5.91 Å². The first-order chi connectivity index (χ1) is 14.1. The summed E-state index contributed by atoms with van der Waals surface area (Å²) in [4.78, 5) is 22.4. The average Bonchev–Trinajstić information content (AvgIpc) is 3.16. The number of amides is 1. The Balaban J connectivity index is 2.00. The lowest BCUT2D eigenvalue weighted by atomic mass is 10.2. The highest BCUT2D eigenvalue weighted by atomic mass is 79.9. The molecular weight excluding hydrogens is 450 g/mol. The number of halogens is 1. The second kappa shape index (κ2) is 10.2. The topological polar surface area (TPSA) is 45.7 Å². The Hall–Kier alpha value is -1.96. The van der Waals surface area contributed by atoms with Crippen molar-refractivity contribution in [2.24, 2.45) is 0 Å². The summed E-state index contributed by atoms with van der Waals surface area (Å²) in [6.45, 7) is 10.1. The number of anilines is 1. The van der Waals surface area contributed by atoms with E-state index >= 15 is 0 Å². The third kappa shape index (κ3) is 4.97. The summed E-state index contributed by atoms with van der Waals surface area (Å²) < 4.78 is 7.53. The summed E-state index contributed by atoms with van der Waals surface area (Å²) in [5, 5.41) is 0.695. The number of rotatable bonds is 9. The van der Waals surface area contributed by atoms with Crippen molar-refractivity contribution in [3.63, 3.8) is 0 Å². The van der Waals surface area contributed by atoms with E-state index in [0.29, 0.717) is 23.8 Å². The van der Waals surface area contributed by atoms with Gasteiger partial charge in [-0.3, -0.25) is 9.69 Å². The Bertz CT molecular complexity index is 972. The Labute approximate surface area is 184 Å². The molecular formula is C22H26BrN3O2S. The zero-order valence-electron chi connectivity index (χ0n) is 17.0. The number of fused-ring (bicyclic) bond motifs is 1. The molecule has 1 heterocycles. The van der Waals surface area contributed by atoms with Gasteiger partial charge in [-0.2, -0.15) is 0 Å². The van der Waals surface area contributed by atoms with E-state index in [1.54, 1.807) is 4.90 Å². The third-order valence-corrected chi connectivity index (χ3v) is 6.52. The van der Waals surface area contributed by atoms with Crippen molar-refractivity contribution in [1.29, 1.82) is 0 Å². The van der Waals surface area contributed by atoms with Crippen molar-refractivity contribution >= 4 is 48.5 Å². The maximum Gasteiger partial charge on any atom is 0.261 e. The second-order valence-electron chi connectivity index (χ2n) is 6.50. The van der Waals surface area contributed by atoms with Crippen molar-refractivity contribution < 1.29 is 9.53 Å². The van der Waals surface area contributed by atoms with Crippen molar-refractivity contribution in [1.82, 2.24) is 9.88 Å². The molecule has 7 heteroatoms. The standard InChI is InChI=1S/C22H26BrN3O2S/c1-4-25(5-2)14-15-26(21(27)16-10-7-8-11-17(16)23)22-24-20-18(28-6-3)12-9-13-19(20)29-22/h7-13H,4-6,14-15H2,1-3H3. The number of hydrogen-bond donors (Lipinski definition) is 0. The Morgan fingerprint density at radius 1 is 1.07 bits per heavy atom. The van der Waals surface area contributed by atoms with Crippen molar-refractivity contribution in [2.45, 2.75) is 20.8 Å². The van der Waals surface area contributed by atoms with Crippen LogP contribution in [0.5, 0.6) is 5.75 Å². The van der Waals surface area contributed by atoms with Crippen LogP contribution in [0.3, 0.4) is 0 Å². The molecule has 0 saturated carbocycles. The predicted molar refractivity (Wildman–Crippen MR) is 124 cm³/mol. The van der Waals surface area contributed by atoms with Gasteiger partial charge in [0.05, 0.1) is 16.9 Å². The highest BCUT2D eigenvalue weighted by Gasteiger charge is 2.24. The number of thiazole rings is 1. The van der Waals surface area contributed by atoms with E-state index in [4.69, 9.17) is 9.72 Å². The highest BCUT2D eigenvalue weighted by molar-refractivity contribution is 9.10. The Morgan fingerprint density at radius 2 is 1.83 bits per heavy atom. The van der Waals surface area contributed by atoms with Crippen molar-refractivity contribution in [3.8, 4) is 5.75 Å². The molecule has 0 spiro atoms. The van der Waals surface area contributed by atoms with Gasteiger partial charge in [0.1, 0.15) is 11.3 Å². The van der Waals surface area contributed by atoms with Crippen LogP contribution in [0.1, 0.15) is 31.1 Å². The van der Waals surface area contributed by atoms with Crippen LogP contribution in [-0.4, -0.2) is 48.6 Å². The minimum atomic E-state index is -0.0540. The van der Waals surface area contributed by atoms with E-state index in [-0.39, 0.29) is 5.91 Å². The second-order valence-corrected chi connectivity index (χ2v) is 8.36. The van der Waals surface area contributed by atoms with Crippen LogP contribution in [0.4, 0.5) is 5.13 Å². The minimum absolute atomic E-state index is 0.0540. The number of benzene rings is 2. The van der Waals surface area contributed by atoms with E-state index in [2.05, 4.69) is 34.7 Å². The van der Waals surface area contributed by atoms with Gasteiger partial charge in [-0.15, -0.1) is 0 Å². The molecule has 0 saturated heterocycles. The van der Waals surface area contributed by atoms with Crippen molar-refractivity contribution in [2.75, 3.05) is 37.7 Å². The Morgan fingerprint density at radius 3 is 2.52 bits per heavy atom.